The van der Waals surface area contributed by atoms with Crippen molar-refractivity contribution < 1.29 is 0 Å². The van der Waals surface area contributed by atoms with E-state index in [9.17, 15) is 0 Å². The number of nitrogens with one attached hydrogen (secondary N) is 2. The number of rotatable bonds is 3. The number of aromatic nitrogens is 1. The standard InChI is InChI=1S/C20H27BrN2/c1-2-13-6-9-15(10-7-13)22-19-5-3-4-16-17-12-14(21)8-11-18(17)23-20(16)19/h8,11-13,15,19,22-23H,2-7,9-10H2,1H3. The van der Waals surface area contributed by atoms with E-state index in [0.29, 0.717) is 12.1 Å². The first-order valence-electron chi connectivity index (χ1n) is 9.30. The van der Waals surface area contributed by atoms with Gasteiger partial charge >= 0.3 is 0 Å². The van der Waals surface area contributed by atoms with Crippen LogP contribution < -0.4 is 5.32 Å². The fraction of sp³-hybridized carbons (Fsp3) is 0.600. The Morgan fingerprint density at radius 1 is 1.17 bits per heavy atom. The Labute approximate surface area is 147 Å². The van der Waals surface area contributed by atoms with E-state index in [2.05, 4.69) is 51.4 Å². The van der Waals surface area contributed by atoms with E-state index >= 15 is 0 Å². The molecule has 3 heteroatoms. The summed E-state index contributed by atoms with van der Waals surface area (Å²) in [4.78, 5) is 3.72. The summed E-state index contributed by atoms with van der Waals surface area (Å²) in [6.07, 6.45) is 10.7. The maximum absolute atomic E-state index is 3.99. The molecule has 2 N–H and O–H groups in total. The quantitative estimate of drug-likeness (QED) is 0.690. The molecule has 1 aromatic heterocycles. The molecule has 0 spiro atoms. The molecule has 124 valence electrons. The van der Waals surface area contributed by atoms with Crippen LogP contribution in [0.2, 0.25) is 0 Å². The number of fused-ring (bicyclic) bond motifs is 3. The van der Waals surface area contributed by atoms with Crippen LogP contribution in [0, 0.1) is 5.92 Å². The molecule has 1 aromatic carbocycles. The Balaban J connectivity index is 1.55. The molecule has 1 atom stereocenters. The second-order valence-corrected chi connectivity index (χ2v) is 8.36. The van der Waals surface area contributed by atoms with Gasteiger partial charge in [0.2, 0.25) is 0 Å². The predicted molar refractivity (Wildman–Crippen MR) is 101 cm³/mol. The third-order valence-electron chi connectivity index (χ3n) is 6.03. The average molecular weight is 375 g/mol. The second-order valence-electron chi connectivity index (χ2n) is 7.44. The Bertz CT molecular complexity index is 682. The molecule has 1 fully saturated rings. The summed E-state index contributed by atoms with van der Waals surface area (Å²) < 4.78 is 1.18. The van der Waals surface area contributed by atoms with Crippen LogP contribution in [0.3, 0.4) is 0 Å². The zero-order valence-electron chi connectivity index (χ0n) is 14.0. The van der Waals surface area contributed by atoms with E-state index < -0.39 is 0 Å². The molecule has 0 saturated heterocycles. The van der Waals surface area contributed by atoms with Gasteiger partial charge in [0.05, 0.1) is 0 Å². The summed E-state index contributed by atoms with van der Waals surface area (Å²) in [6.45, 7) is 2.34. The Morgan fingerprint density at radius 2 is 2.00 bits per heavy atom. The molecule has 4 rings (SSSR count). The zero-order valence-corrected chi connectivity index (χ0v) is 15.6. The van der Waals surface area contributed by atoms with Gasteiger partial charge in [0.15, 0.2) is 0 Å². The molecule has 0 aliphatic heterocycles. The lowest BCUT2D eigenvalue weighted by Crippen LogP contribution is -2.37. The number of aromatic amines is 1. The minimum absolute atomic E-state index is 0.521. The van der Waals surface area contributed by atoms with Gasteiger partial charge in [0.1, 0.15) is 0 Å². The van der Waals surface area contributed by atoms with Crippen LogP contribution >= 0.6 is 15.9 Å². The van der Waals surface area contributed by atoms with Gasteiger partial charge in [0, 0.05) is 33.2 Å². The summed E-state index contributed by atoms with van der Waals surface area (Å²) in [5.74, 6) is 0.973. The van der Waals surface area contributed by atoms with Gasteiger partial charge in [-0.1, -0.05) is 29.3 Å². The fourth-order valence-electron chi connectivity index (χ4n) is 4.62. The van der Waals surface area contributed by atoms with E-state index in [1.807, 2.05) is 0 Å². The lowest BCUT2D eigenvalue weighted by atomic mass is 9.83. The molecule has 2 aromatic rings. The highest BCUT2D eigenvalue weighted by Gasteiger charge is 2.28. The van der Waals surface area contributed by atoms with Crippen LogP contribution in [-0.2, 0) is 6.42 Å². The Hall–Kier alpha value is -0.800. The second kappa shape index (κ2) is 6.60. The molecule has 0 bridgehead atoms. The minimum Gasteiger partial charge on any atom is -0.357 e. The SMILES string of the molecule is CCC1CCC(NC2CCCc3c2[nH]c2ccc(Br)cc32)CC1. The van der Waals surface area contributed by atoms with Crippen molar-refractivity contribution in [2.45, 2.75) is 70.4 Å². The van der Waals surface area contributed by atoms with Crippen LogP contribution in [0.4, 0.5) is 0 Å². The van der Waals surface area contributed by atoms with Crippen LogP contribution in [0.1, 0.15) is 69.2 Å². The van der Waals surface area contributed by atoms with E-state index in [0.717, 1.165) is 5.92 Å². The maximum atomic E-state index is 3.99. The normalized spacial score (nSPS) is 28.0. The molecule has 1 saturated carbocycles. The number of benzene rings is 1. The van der Waals surface area contributed by atoms with Crippen molar-refractivity contribution in [3.63, 3.8) is 0 Å². The summed E-state index contributed by atoms with van der Waals surface area (Å²) in [7, 11) is 0. The maximum Gasteiger partial charge on any atom is 0.0478 e. The summed E-state index contributed by atoms with van der Waals surface area (Å²) in [5.41, 5.74) is 4.30. The lowest BCUT2D eigenvalue weighted by Gasteiger charge is -2.33. The monoisotopic (exact) mass is 374 g/mol. The third-order valence-corrected chi connectivity index (χ3v) is 6.52. The molecule has 2 aliphatic rings. The lowest BCUT2D eigenvalue weighted by molar-refractivity contribution is 0.260. The highest BCUT2D eigenvalue weighted by Crippen LogP contribution is 2.37. The first-order chi connectivity index (χ1) is 11.2. The first kappa shape index (κ1) is 15.7. The van der Waals surface area contributed by atoms with Crippen LogP contribution in [0.25, 0.3) is 10.9 Å². The first-order valence-corrected chi connectivity index (χ1v) is 10.1. The predicted octanol–water partition coefficient (Wildman–Crippen LogP) is 5.87. The summed E-state index contributed by atoms with van der Waals surface area (Å²) >= 11 is 3.62. The highest BCUT2D eigenvalue weighted by atomic mass is 79.9. The number of halogens is 1. The molecule has 1 unspecified atom stereocenters. The van der Waals surface area contributed by atoms with Crippen molar-refractivity contribution >= 4 is 26.8 Å². The third kappa shape index (κ3) is 3.10. The molecular formula is C20H27BrN2. The van der Waals surface area contributed by atoms with Gasteiger partial charge in [0.25, 0.3) is 0 Å². The van der Waals surface area contributed by atoms with Gasteiger partial charge in [-0.15, -0.1) is 0 Å². The van der Waals surface area contributed by atoms with Crippen molar-refractivity contribution in [3.05, 3.63) is 33.9 Å². The average Bonchev–Trinajstić information content (AvgIpc) is 2.95. The number of aryl methyl sites for hydroxylation is 1. The molecule has 0 amide bonds. The summed E-state index contributed by atoms with van der Waals surface area (Å²) in [6, 6.07) is 7.86. The van der Waals surface area contributed by atoms with Gasteiger partial charge in [-0.05, 0) is 74.6 Å². The summed E-state index contributed by atoms with van der Waals surface area (Å²) in [5, 5.41) is 5.40. The van der Waals surface area contributed by atoms with Gasteiger partial charge in [-0.2, -0.15) is 0 Å². The van der Waals surface area contributed by atoms with E-state index in [-0.39, 0.29) is 0 Å². The molecule has 23 heavy (non-hydrogen) atoms. The van der Waals surface area contributed by atoms with E-state index in [4.69, 9.17) is 0 Å². The smallest absolute Gasteiger partial charge is 0.0478 e. The molecule has 2 nitrogen and oxygen atoms in total. The fourth-order valence-corrected chi connectivity index (χ4v) is 4.98. The van der Waals surface area contributed by atoms with Gasteiger partial charge in [-0.3, -0.25) is 0 Å². The molecule has 0 radical (unpaired) electrons. The van der Waals surface area contributed by atoms with Gasteiger partial charge in [-0.25, -0.2) is 0 Å². The van der Waals surface area contributed by atoms with Crippen LogP contribution in [0.15, 0.2) is 22.7 Å². The molecular weight excluding hydrogens is 348 g/mol. The topological polar surface area (TPSA) is 27.8 Å². The van der Waals surface area contributed by atoms with Crippen molar-refractivity contribution in [2.75, 3.05) is 0 Å². The van der Waals surface area contributed by atoms with E-state index in [1.165, 1.54) is 72.4 Å². The molecule has 1 heterocycles. The van der Waals surface area contributed by atoms with E-state index in [1.54, 1.807) is 5.56 Å². The Morgan fingerprint density at radius 3 is 2.78 bits per heavy atom. The van der Waals surface area contributed by atoms with Crippen molar-refractivity contribution in [2.24, 2.45) is 5.92 Å². The van der Waals surface area contributed by atoms with Crippen molar-refractivity contribution in [1.29, 1.82) is 0 Å². The van der Waals surface area contributed by atoms with Crippen LogP contribution in [0.5, 0.6) is 0 Å². The number of hydrogen-bond acceptors (Lipinski definition) is 1. The van der Waals surface area contributed by atoms with Crippen LogP contribution in [-0.4, -0.2) is 11.0 Å². The zero-order chi connectivity index (χ0) is 15.8. The minimum atomic E-state index is 0.521. The van der Waals surface area contributed by atoms with Crippen molar-refractivity contribution in [3.8, 4) is 0 Å². The highest BCUT2D eigenvalue weighted by molar-refractivity contribution is 9.10. The molecule has 2 aliphatic carbocycles. The Kier molecular flexibility index (Phi) is 4.51. The van der Waals surface area contributed by atoms with Gasteiger partial charge < -0.3 is 10.3 Å². The van der Waals surface area contributed by atoms with Crippen molar-refractivity contribution in [1.82, 2.24) is 10.3 Å². The number of H-pyrrole nitrogens is 1. The largest absolute Gasteiger partial charge is 0.357 e. The number of hydrogen-bond donors (Lipinski definition) is 2.